The monoisotopic (exact) mass is 422 g/mol. The van der Waals surface area contributed by atoms with Crippen molar-refractivity contribution in [3.8, 4) is 5.69 Å². The van der Waals surface area contributed by atoms with Crippen molar-refractivity contribution in [3.63, 3.8) is 0 Å². The lowest BCUT2D eigenvalue weighted by molar-refractivity contribution is 0.217. The minimum atomic E-state index is -0.346. The first-order chi connectivity index (χ1) is 14.4. The van der Waals surface area contributed by atoms with Crippen LogP contribution in [-0.4, -0.2) is 40.6 Å². The Bertz CT molecular complexity index is 1190. The smallest absolute Gasteiger partial charge is 0.282 e. The van der Waals surface area contributed by atoms with Crippen molar-refractivity contribution in [3.05, 3.63) is 68.7 Å². The Kier molecular flexibility index (Phi) is 4.73. The fourth-order valence-corrected chi connectivity index (χ4v) is 5.44. The normalized spacial score (nSPS) is 18.5. The summed E-state index contributed by atoms with van der Waals surface area (Å²) in [5.74, 6) is 1.34. The number of benzene rings is 2. The van der Waals surface area contributed by atoms with E-state index in [2.05, 4.69) is 46.5 Å². The number of nitrogens with two attached hydrogens (primary N) is 1. The highest BCUT2D eigenvalue weighted by Crippen LogP contribution is 2.44. The van der Waals surface area contributed by atoms with Gasteiger partial charge >= 0.3 is 0 Å². The Morgan fingerprint density at radius 1 is 1.20 bits per heavy atom. The Balaban J connectivity index is 1.60. The highest BCUT2D eigenvalue weighted by Gasteiger charge is 2.39. The van der Waals surface area contributed by atoms with Gasteiger partial charge in [-0.1, -0.05) is 29.8 Å². The third-order valence-electron chi connectivity index (χ3n) is 6.86. The van der Waals surface area contributed by atoms with Gasteiger partial charge < -0.3 is 10.6 Å². The molecule has 2 N–H and O–H groups in total. The molecule has 1 fully saturated rings. The van der Waals surface area contributed by atoms with Crippen molar-refractivity contribution >= 4 is 22.5 Å². The molecule has 1 aromatic heterocycles. The molecule has 2 aliphatic heterocycles. The third kappa shape index (κ3) is 2.91. The summed E-state index contributed by atoms with van der Waals surface area (Å²) >= 11 is 6.36. The van der Waals surface area contributed by atoms with Crippen molar-refractivity contribution in [2.45, 2.75) is 38.0 Å². The van der Waals surface area contributed by atoms with E-state index in [0.717, 1.165) is 56.0 Å². The van der Waals surface area contributed by atoms with Crippen molar-refractivity contribution in [1.82, 2.24) is 14.5 Å². The molecular formula is C24H27ClN4O. The molecule has 0 amide bonds. The van der Waals surface area contributed by atoms with Gasteiger partial charge in [0.1, 0.15) is 5.82 Å². The van der Waals surface area contributed by atoms with E-state index in [1.165, 1.54) is 11.1 Å². The molecule has 6 heteroatoms. The topological polar surface area (TPSA) is 64.2 Å². The molecular weight excluding hydrogens is 396 g/mol. The van der Waals surface area contributed by atoms with E-state index in [0.29, 0.717) is 16.3 Å². The predicted molar refractivity (Wildman–Crippen MR) is 122 cm³/mol. The maximum Gasteiger partial charge on any atom is 0.282 e. The molecule has 2 aromatic carbocycles. The van der Waals surface area contributed by atoms with Crippen LogP contribution in [0.4, 0.5) is 0 Å². The number of halogens is 1. The van der Waals surface area contributed by atoms with E-state index in [-0.39, 0.29) is 11.0 Å². The lowest BCUT2D eigenvalue weighted by atomic mass is 9.81. The molecule has 3 heterocycles. The summed E-state index contributed by atoms with van der Waals surface area (Å²) < 4.78 is 2.12. The summed E-state index contributed by atoms with van der Waals surface area (Å²) in [4.78, 5) is 19.7. The Hall–Kier alpha value is -2.21. The zero-order chi connectivity index (χ0) is 21.0. The van der Waals surface area contributed by atoms with Gasteiger partial charge in [-0.05, 0) is 75.0 Å². The number of piperidine rings is 1. The van der Waals surface area contributed by atoms with Crippen LogP contribution in [0, 0.1) is 0 Å². The van der Waals surface area contributed by atoms with Gasteiger partial charge in [0.25, 0.3) is 5.56 Å². The highest BCUT2D eigenvalue weighted by molar-refractivity contribution is 6.35. The highest BCUT2D eigenvalue weighted by atomic mass is 35.5. The van der Waals surface area contributed by atoms with E-state index in [9.17, 15) is 4.79 Å². The summed E-state index contributed by atoms with van der Waals surface area (Å²) in [5, 5.41) is 0.940. The fraction of sp³-hybridized carbons (Fsp3) is 0.417. The van der Waals surface area contributed by atoms with Gasteiger partial charge in [0.2, 0.25) is 0 Å². The van der Waals surface area contributed by atoms with Crippen LogP contribution in [0.1, 0.15) is 49.6 Å². The van der Waals surface area contributed by atoms with E-state index in [1.54, 1.807) is 6.07 Å². The standard InChI is InChI=1S/C24H27ClN4O/c1-24(2)17-14-16(15-8-11-28(12-9-15)13-10-26)6-7-19(17)29-20-5-3-4-18(25)21(20)22(30)27-23(24)29/h3-7,14-15H,8-13,26H2,1-2H3. The SMILES string of the molecule is CC1(C)c2cc(C3CCN(CCN)CC3)ccc2-n2c1nc(=O)c1c(Cl)cccc12. The lowest BCUT2D eigenvalue weighted by Gasteiger charge is -2.32. The fourth-order valence-electron chi connectivity index (χ4n) is 5.19. The zero-order valence-electron chi connectivity index (χ0n) is 17.5. The lowest BCUT2D eigenvalue weighted by Crippen LogP contribution is -2.36. The van der Waals surface area contributed by atoms with E-state index >= 15 is 0 Å². The van der Waals surface area contributed by atoms with Gasteiger partial charge in [0, 0.05) is 13.1 Å². The van der Waals surface area contributed by atoms with Crippen LogP contribution in [0.25, 0.3) is 16.6 Å². The molecule has 1 saturated heterocycles. The third-order valence-corrected chi connectivity index (χ3v) is 7.18. The summed E-state index contributed by atoms with van der Waals surface area (Å²) in [5.41, 5.74) is 9.65. The van der Waals surface area contributed by atoms with Gasteiger partial charge in [-0.2, -0.15) is 4.98 Å². The van der Waals surface area contributed by atoms with Crippen LogP contribution in [0.5, 0.6) is 0 Å². The molecule has 2 aliphatic rings. The predicted octanol–water partition coefficient (Wildman–Crippen LogP) is 3.82. The number of hydrogen-bond donors (Lipinski definition) is 1. The van der Waals surface area contributed by atoms with Crippen molar-refractivity contribution < 1.29 is 0 Å². The minimum absolute atomic E-state index is 0.254. The average Bonchev–Trinajstić information content (AvgIpc) is 2.96. The molecule has 0 bridgehead atoms. The van der Waals surface area contributed by atoms with Gasteiger partial charge in [0.05, 0.1) is 27.0 Å². The summed E-state index contributed by atoms with van der Waals surface area (Å²) in [6, 6.07) is 12.4. The Morgan fingerprint density at radius 2 is 1.97 bits per heavy atom. The molecule has 0 unspecified atom stereocenters. The number of aromatic nitrogens is 2. The van der Waals surface area contributed by atoms with Crippen LogP contribution in [0.15, 0.2) is 41.2 Å². The van der Waals surface area contributed by atoms with Crippen LogP contribution >= 0.6 is 11.6 Å². The first-order valence-electron chi connectivity index (χ1n) is 10.7. The van der Waals surface area contributed by atoms with Crippen molar-refractivity contribution in [2.24, 2.45) is 5.73 Å². The van der Waals surface area contributed by atoms with Crippen molar-refractivity contribution in [1.29, 1.82) is 0 Å². The first kappa shape index (κ1) is 19.7. The average molecular weight is 423 g/mol. The minimum Gasteiger partial charge on any atom is -0.329 e. The maximum atomic E-state index is 12.8. The maximum absolute atomic E-state index is 12.8. The second kappa shape index (κ2) is 7.19. The summed E-state index contributed by atoms with van der Waals surface area (Å²) in [6.07, 6.45) is 2.31. The largest absolute Gasteiger partial charge is 0.329 e. The molecule has 5 rings (SSSR count). The number of likely N-dealkylation sites (tertiary alicyclic amines) is 1. The van der Waals surface area contributed by atoms with Gasteiger partial charge in [-0.15, -0.1) is 0 Å². The van der Waals surface area contributed by atoms with Crippen LogP contribution in [-0.2, 0) is 5.41 Å². The second-order valence-electron chi connectivity index (χ2n) is 9.02. The van der Waals surface area contributed by atoms with E-state index in [1.807, 2.05) is 12.1 Å². The van der Waals surface area contributed by atoms with Crippen LogP contribution in [0.2, 0.25) is 5.02 Å². The van der Waals surface area contributed by atoms with Crippen LogP contribution in [0.3, 0.4) is 0 Å². The molecule has 5 nitrogen and oxygen atoms in total. The number of fused-ring (bicyclic) bond motifs is 5. The van der Waals surface area contributed by atoms with Gasteiger partial charge in [-0.3, -0.25) is 9.36 Å². The molecule has 3 aromatic rings. The van der Waals surface area contributed by atoms with Crippen molar-refractivity contribution in [2.75, 3.05) is 26.2 Å². The second-order valence-corrected chi connectivity index (χ2v) is 9.42. The molecule has 0 aliphatic carbocycles. The summed E-state index contributed by atoms with van der Waals surface area (Å²) in [7, 11) is 0. The van der Waals surface area contributed by atoms with E-state index < -0.39 is 0 Å². The summed E-state index contributed by atoms with van der Waals surface area (Å²) in [6.45, 7) is 8.21. The number of rotatable bonds is 3. The molecule has 0 radical (unpaired) electrons. The van der Waals surface area contributed by atoms with Gasteiger partial charge in [-0.25, -0.2) is 0 Å². The molecule has 156 valence electrons. The number of nitrogens with zero attached hydrogens (tertiary/aromatic N) is 3. The van der Waals surface area contributed by atoms with Crippen LogP contribution < -0.4 is 11.3 Å². The molecule has 0 saturated carbocycles. The van der Waals surface area contributed by atoms with E-state index in [4.69, 9.17) is 17.3 Å². The van der Waals surface area contributed by atoms with Gasteiger partial charge in [0.15, 0.2) is 0 Å². The molecule has 0 spiro atoms. The molecule has 30 heavy (non-hydrogen) atoms. The quantitative estimate of drug-likeness (QED) is 0.697. The Labute approximate surface area is 181 Å². The first-order valence-corrected chi connectivity index (χ1v) is 11.1. The zero-order valence-corrected chi connectivity index (χ0v) is 18.2. The number of hydrogen-bond acceptors (Lipinski definition) is 4. The Morgan fingerprint density at radius 3 is 2.70 bits per heavy atom. The molecule has 0 atom stereocenters.